The first-order valence-electron chi connectivity index (χ1n) is 5.97. The summed E-state index contributed by atoms with van der Waals surface area (Å²) >= 11 is 1.69. The van der Waals surface area contributed by atoms with Crippen molar-refractivity contribution in [3.05, 3.63) is 60.3 Å². The summed E-state index contributed by atoms with van der Waals surface area (Å²) < 4.78 is 3.22. The number of fused-ring (bicyclic) bond motifs is 5. The first-order valence-corrected chi connectivity index (χ1v) is 6.78. The molecule has 86 valence electrons. The average molecular weight is 249 g/mol. The lowest BCUT2D eigenvalue weighted by Crippen LogP contribution is -1.98. The van der Waals surface area contributed by atoms with Gasteiger partial charge in [-0.1, -0.05) is 48.5 Å². The molecule has 3 aromatic carbocycles. The molecule has 0 spiro atoms. The molecule has 0 bridgehead atoms. The smallest absolute Gasteiger partial charge is 0.0436 e. The topological polar surface area (TPSA) is 12.0 Å². The SMILES string of the molecule is C1=Cc2ccc3c(ccc4ccccc43)c2SN1. The van der Waals surface area contributed by atoms with Crippen LogP contribution < -0.4 is 4.72 Å². The van der Waals surface area contributed by atoms with E-state index in [2.05, 4.69) is 59.3 Å². The maximum atomic E-state index is 3.22. The standard InChI is InChI=1S/C16H11NS/c1-2-4-13-11(3-1)5-8-15-14(13)7-6-12-9-10-17-18-16(12)15/h1-10,17H. The Labute approximate surface area is 110 Å². The Kier molecular flexibility index (Phi) is 2.11. The Hall–Kier alpha value is -1.93. The van der Waals surface area contributed by atoms with Crippen LogP contribution in [0.4, 0.5) is 0 Å². The van der Waals surface area contributed by atoms with Crippen LogP contribution >= 0.6 is 11.9 Å². The van der Waals surface area contributed by atoms with Crippen molar-refractivity contribution in [1.29, 1.82) is 0 Å². The summed E-state index contributed by atoms with van der Waals surface area (Å²) in [4.78, 5) is 1.32. The van der Waals surface area contributed by atoms with E-state index in [1.807, 2.05) is 6.20 Å². The summed E-state index contributed by atoms with van der Waals surface area (Å²) in [6.45, 7) is 0. The van der Waals surface area contributed by atoms with Crippen LogP contribution in [-0.2, 0) is 0 Å². The third-order valence-corrected chi connectivity index (χ3v) is 4.31. The average Bonchev–Trinajstić information content (AvgIpc) is 2.46. The third kappa shape index (κ3) is 1.36. The lowest BCUT2D eigenvalue weighted by Gasteiger charge is -2.14. The molecule has 0 fully saturated rings. The van der Waals surface area contributed by atoms with Crippen molar-refractivity contribution in [3.63, 3.8) is 0 Å². The molecule has 4 rings (SSSR count). The van der Waals surface area contributed by atoms with Gasteiger partial charge in [0, 0.05) is 11.1 Å². The Bertz CT molecular complexity index is 790. The van der Waals surface area contributed by atoms with E-state index in [0.717, 1.165) is 0 Å². The first kappa shape index (κ1) is 10.0. The van der Waals surface area contributed by atoms with Crippen LogP contribution in [0.2, 0.25) is 0 Å². The second-order valence-corrected chi connectivity index (χ2v) is 5.27. The zero-order valence-corrected chi connectivity index (χ0v) is 10.5. The number of benzene rings is 3. The molecule has 1 heterocycles. The van der Waals surface area contributed by atoms with Crippen molar-refractivity contribution >= 4 is 39.6 Å². The lowest BCUT2D eigenvalue weighted by molar-refractivity contribution is 1.35. The highest BCUT2D eigenvalue weighted by Gasteiger charge is 2.10. The van der Waals surface area contributed by atoms with E-state index < -0.39 is 0 Å². The van der Waals surface area contributed by atoms with Crippen molar-refractivity contribution in [1.82, 2.24) is 4.72 Å². The van der Waals surface area contributed by atoms with Crippen molar-refractivity contribution in [2.75, 3.05) is 0 Å². The van der Waals surface area contributed by atoms with E-state index in [1.54, 1.807) is 11.9 Å². The van der Waals surface area contributed by atoms with Crippen LogP contribution in [0.3, 0.4) is 0 Å². The molecular weight excluding hydrogens is 238 g/mol. The van der Waals surface area contributed by atoms with Gasteiger partial charge in [-0.3, -0.25) is 0 Å². The largest absolute Gasteiger partial charge is 0.332 e. The Morgan fingerprint density at radius 2 is 1.67 bits per heavy atom. The third-order valence-electron chi connectivity index (χ3n) is 3.40. The van der Waals surface area contributed by atoms with Crippen LogP contribution in [0, 0.1) is 0 Å². The molecule has 0 atom stereocenters. The molecule has 0 amide bonds. The molecule has 0 aliphatic carbocycles. The van der Waals surface area contributed by atoms with Crippen LogP contribution in [0.5, 0.6) is 0 Å². The van der Waals surface area contributed by atoms with Crippen molar-refractivity contribution in [2.24, 2.45) is 0 Å². The minimum absolute atomic E-state index is 1.29. The van der Waals surface area contributed by atoms with Gasteiger partial charge in [0.1, 0.15) is 0 Å². The molecular formula is C16H11NS. The fraction of sp³-hybridized carbons (Fsp3) is 0. The molecule has 0 radical (unpaired) electrons. The van der Waals surface area contributed by atoms with E-state index in [1.165, 1.54) is 32.0 Å². The molecule has 0 aromatic heterocycles. The highest BCUT2D eigenvalue weighted by atomic mass is 32.2. The zero-order valence-electron chi connectivity index (χ0n) is 9.68. The van der Waals surface area contributed by atoms with Gasteiger partial charge in [0.25, 0.3) is 0 Å². The Balaban J connectivity index is 2.19. The fourth-order valence-corrected chi connectivity index (χ4v) is 3.34. The predicted octanol–water partition coefficient (Wildman–Crippen LogP) is 4.57. The number of nitrogens with one attached hydrogen (secondary N) is 1. The second kappa shape index (κ2) is 3.79. The van der Waals surface area contributed by atoms with Gasteiger partial charge in [-0.15, -0.1) is 0 Å². The van der Waals surface area contributed by atoms with Crippen LogP contribution in [-0.4, -0.2) is 0 Å². The molecule has 0 unspecified atom stereocenters. The van der Waals surface area contributed by atoms with Crippen LogP contribution in [0.25, 0.3) is 27.6 Å². The number of rotatable bonds is 0. The second-order valence-electron chi connectivity index (χ2n) is 4.42. The van der Waals surface area contributed by atoms with Gasteiger partial charge in [0.2, 0.25) is 0 Å². The summed E-state index contributed by atoms with van der Waals surface area (Å²) in [7, 11) is 0. The summed E-state index contributed by atoms with van der Waals surface area (Å²) in [5, 5.41) is 5.28. The Morgan fingerprint density at radius 1 is 0.778 bits per heavy atom. The fourth-order valence-electron chi connectivity index (χ4n) is 2.54. The van der Waals surface area contributed by atoms with Gasteiger partial charge in [-0.2, -0.15) is 0 Å². The van der Waals surface area contributed by atoms with E-state index in [9.17, 15) is 0 Å². The molecule has 3 aromatic rings. The highest BCUT2D eigenvalue weighted by Crippen LogP contribution is 2.36. The van der Waals surface area contributed by atoms with Gasteiger partial charge in [-0.05, 0) is 45.1 Å². The molecule has 18 heavy (non-hydrogen) atoms. The van der Waals surface area contributed by atoms with Crippen molar-refractivity contribution in [3.8, 4) is 0 Å². The highest BCUT2D eigenvalue weighted by molar-refractivity contribution is 7.97. The maximum Gasteiger partial charge on any atom is 0.0436 e. The first-order chi connectivity index (χ1) is 8.93. The van der Waals surface area contributed by atoms with Crippen LogP contribution in [0.1, 0.15) is 5.56 Å². The van der Waals surface area contributed by atoms with Crippen molar-refractivity contribution < 1.29 is 0 Å². The molecule has 0 saturated heterocycles. The van der Waals surface area contributed by atoms with Gasteiger partial charge in [0.05, 0.1) is 0 Å². The summed E-state index contributed by atoms with van der Waals surface area (Å²) in [6.07, 6.45) is 4.11. The van der Waals surface area contributed by atoms with E-state index in [0.29, 0.717) is 0 Å². The number of hydrogen-bond donors (Lipinski definition) is 1. The number of hydrogen-bond acceptors (Lipinski definition) is 2. The quantitative estimate of drug-likeness (QED) is 0.462. The van der Waals surface area contributed by atoms with E-state index in [-0.39, 0.29) is 0 Å². The van der Waals surface area contributed by atoms with Crippen LogP contribution in [0.15, 0.2) is 59.6 Å². The Morgan fingerprint density at radius 3 is 2.67 bits per heavy atom. The molecule has 1 N–H and O–H groups in total. The predicted molar refractivity (Wildman–Crippen MR) is 79.5 cm³/mol. The summed E-state index contributed by atoms with van der Waals surface area (Å²) in [5.74, 6) is 0. The molecule has 0 saturated carbocycles. The maximum absolute atomic E-state index is 3.22. The van der Waals surface area contributed by atoms with E-state index >= 15 is 0 Å². The van der Waals surface area contributed by atoms with Gasteiger partial charge in [0.15, 0.2) is 0 Å². The van der Waals surface area contributed by atoms with Gasteiger partial charge < -0.3 is 4.72 Å². The van der Waals surface area contributed by atoms with Gasteiger partial charge >= 0.3 is 0 Å². The minimum Gasteiger partial charge on any atom is -0.332 e. The molecule has 2 heteroatoms. The normalized spacial score (nSPS) is 13.6. The van der Waals surface area contributed by atoms with E-state index in [4.69, 9.17) is 0 Å². The van der Waals surface area contributed by atoms with Crippen molar-refractivity contribution in [2.45, 2.75) is 4.90 Å². The minimum atomic E-state index is 1.29. The monoisotopic (exact) mass is 249 g/mol. The molecule has 1 aliphatic heterocycles. The van der Waals surface area contributed by atoms with Gasteiger partial charge in [-0.25, -0.2) is 0 Å². The lowest BCUT2D eigenvalue weighted by atomic mass is 10.00. The zero-order chi connectivity index (χ0) is 11.9. The molecule has 1 nitrogen and oxygen atoms in total. The summed E-state index contributed by atoms with van der Waals surface area (Å²) in [5.41, 5.74) is 1.29. The molecule has 1 aliphatic rings. The summed E-state index contributed by atoms with van der Waals surface area (Å²) in [6, 6.07) is 17.4.